The van der Waals surface area contributed by atoms with Crippen molar-refractivity contribution >= 4 is 46.1 Å². The normalized spacial score (nSPS) is 17.9. The molecule has 2 aliphatic rings. The van der Waals surface area contributed by atoms with Crippen LogP contribution in [-0.2, 0) is 25.6 Å². The molecule has 2 aromatic heterocycles. The van der Waals surface area contributed by atoms with Crippen molar-refractivity contribution in [1.82, 2.24) is 15.5 Å². The lowest BCUT2D eigenvalue weighted by Crippen LogP contribution is -2.38. The Morgan fingerprint density at radius 1 is 0.903 bits per heavy atom. The lowest BCUT2D eigenvalue weighted by atomic mass is 9.79. The number of carbonyl (C=O) groups excluding carboxylic acids is 2. The number of nitro groups is 1. The third-order valence-corrected chi connectivity index (χ3v) is 14.1. The topological polar surface area (TPSA) is 189 Å². The van der Waals surface area contributed by atoms with Crippen molar-refractivity contribution in [2.24, 2.45) is 17.8 Å². The maximum absolute atomic E-state index is 14.2. The number of nitrogens with one attached hydrogen (secondary N) is 1. The number of hydrogen-bond donors (Lipinski definition) is 2. The number of aliphatic hydroxyl groups is 1. The molecule has 5 atom stereocenters. The van der Waals surface area contributed by atoms with Crippen LogP contribution in [0.2, 0.25) is 0 Å². The van der Waals surface area contributed by atoms with E-state index in [-0.39, 0.29) is 61.3 Å². The van der Waals surface area contributed by atoms with Crippen LogP contribution in [-0.4, -0.2) is 84.2 Å². The van der Waals surface area contributed by atoms with Crippen LogP contribution >= 0.6 is 11.3 Å². The van der Waals surface area contributed by atoms with Crippen LogP contribution in [0.15, 0.2) is 125 Å². The van der Waals surface area contributed by atoms with E-state index < -0.39 is 28.8 Å². The van der Waals surface area contributed by atoms with E-state index in [1.54, 1.807) is 29.5 Å². The third kappa shape index (κ3) is 13.1. The summed E-state index contributed by atoms with van der Waals surface area (Å²) in [6.45, 7) is 11.2. The fraction of sp³-hybridized carbons (Fsp3) is 0.357. The summed E-state index contributed by atoms with van der Waals surface area (Å²) in [6, 6.07) is 32.3. The average Bonchev–Trinajstić information content (AvgIpc) is 4.20. The number of ether oxygens (including phenoxy) is 4. The molecule has 376 valence electrons. The maximum atomic E-state index is 14.2. The van der Waals surface area contributed by atoms with Crippen LogP contribution in [0.5, 0.6) is 11.6 Å². The van der Waals surface area contributed by atoms with Crippen molar-refractivity contribution in [3.63, 3.8) is 0 Å². The second-order valence-electron chi connectivity index (χ2n) is 18.5. The van der Waals surface area contributed by atoms with Gasteiger partial charge in [0.2, 0.25) is 5.91 Å². The number of fused-ring (bicyclic) bond motifs is 1. The third-order valence-electron chi connectivity index (χ3n) is 13.1. The first-order valence-electron chi connectivity index (χ1n) is 24.4. The zero-order chi connectivity index (χ0) is 50.6. The molecule has 8 rings (SSSR count). The Morgan fingerprint density at radius 3 is 2.29 bits per heavy atom. The maximum Gasteiger partial charge on any atom is 0.269 e. The molecule has 72 heavy (non-hydrogen) atoms. The lowest BCUT2D eigenvalue weighted by Gasteiger charge is -2.25. The largest absolute Gasteiger partial charge is 0.491 e. The number of Topliss-reactive ketones (excluding diaryl/α,β-unsaturated/α-hetero) is 1. The van der Waals surface area contributed by atoms with Gasteiger partial charge < -0.3 is 38.8 Å². The number of non-ortho nitro benzene ring substituents is 1. The van der Waals surface area contributed by atoms with Gasteiger partial charge in [-0.15, -0.1) is 11.3 Å². The number of aromatic nitrogens is 2. The summed E-state index contributed by atoms with van der Waals surface area (Å²) in [6.07, 6.45) is 5.68. The van der Waals surface area contributed by atoms with Gasteiger partial charge in [-0.05, 0) is 95.9 Å². The van der Waals surface area contributed by atoms with Crippen molar-refractivity contribution < 1.29 is 43.1 Å². The van der Waals surface area contributed by atoms with Crippen LogP contribution in [0.1, 0.15) is 79.3 Å². The Morgan fingerprint density at radius 2 is 1.60 bits per heavy atom. The van der Waals surface area contributed by atoms with E-state index in [9.17, 15) is 24.8 Å². The van der Waals surface area contributed by atoms with Gasteiger partial charge in [0, 0.05) is 48.5 Å². The number of nitrogens with zero attached hydrogens (tertiary/aromatic N) is 4. The first-order chi connectivity index (χ1) is 34.9. The molecule has 1 saturated carbocycles. The number of anilines is 1. The Kier molecular flexibility index (Phi) is 17.4. The molecule has 1 unspecified atom stereocenters. The Balaban J connectivity index is 0.713. The highest BCUT2D eigenvalue weighted by Crippen LogP contribution is 2.41. The molecule has 0 radical (unpaired) electrons. The average molecular weight is 996 g/mol. The molecule has 15 nitrogen and oxygen atoms in total. The molecule has 1 fully saturated rings. The summed E-state index contributed by atoms with van der Waals surface area (Å²) in [5.41, 5.74) is 10.5. The second kappa shape index (κ2) is 24.4. The predicted octanol–water partition coefficient (Wildman–Crippen LogP) is 10.2. The van der Waals surface area contributed by atoms with Crippen LogP contribution in [0.3, 0.4) is 0 Å². The molecule has 1 aliphatic carbocycles. The van der Waals surface area contributed by atoms with Crippen molar-refractivity contribution in [3.8, 4) is 22.1 Å². The smallest absolute Gasteiger partial charge is 0.269 e. The molecule has 6 aromatic rings. The highest BCUT2D eigenvalue weighted by atomic mass is 32.1. The number of para-hydroxylation sites is 1. The highest BCUT2D eigenvalue weighted by Gasteiger charge is 2.46. The molecule has 0 spiro atoms. The number of nitro benzene ring substituents is 1. The Labute approximate surface area is 423 Å². The van der Waals surface area contributed by atoms with Gasteiger partial charge in [-0.1, -0.05) is 86.7 Å². The molecule has 0 saturated heterocycles. The molecule has 2 N–H and O–H groups in total. The van der Waals surface area contributed by atoms with E-state index in [0.717, 1.165) is 51.7 Å². The number of aryl methyl sites for hydroxylation is 1. The van der Waals surface area contributed by atoms with E-state index in [1.165, 1.54) is 29.0 Å². The zero-order valence-corrected chi connectivity index (χ0v) is 41.8. The number of carbonyl (C=O) groups is 2. The summed E-state index contributed by atoms with van der Waals surface area (Å²) in [7, 11) is 0. The fourth-order valence-corrected chi connectivity index (χ4v) is 10.2. The number of thiazole rings is 1. The van der Waals surface area contributed by atoms with Gasteiger partial charge in [-0.25, -0.2) is 4.98 Å². The summed E-state index contributed by atoms with van der Waals surface area (Å²) >= 11 is 1.59. The van der Waals surface area contributed by atoms with Gasteiger partial charge >= 0.3 is 0 Å². The van der Waals surface area contributed by atoms with Crippen molar-refractivity contribution in [3.05, 3.63) is 165 Å². The minimum atomic E-state index is -0.766. The number of hydrogen-bond acceptors (Lipinski definition) is 14. The first kappa shape index (κ1) is 51.4. The molecule has 16 heteroatoms. The monoisotopic (exact) mass is 995 g/mol. The SMILES string of the molecule is Cc1ncsc1-c1ccc([C@H](C)NC(=O)[C@@H]2C[C@@H](O)CC2C(=O)[C@@H](c2cc(OCCOCCOCCOc3ccc(CN4C/C(=C\C=C\c5ccc([N+](=O)[O-])cc5)c5ccccc54)cc3)no2)C(C)C)cc1. The van der Waals surface area contributed by atoms with E-state index >= 15 is 0 Å². The van der Waals surface area contributed by atoms with Gasteiger partial charge in [0.05, 0.1) is 71.4 Å². The van der Waals surface area contributed by atoms with E-state index in [1.807, 2.05) is 93.9 Å². The first-order valence-corrected chi connectivity index (χ1v) is 25.2. The van der Waals surface area contributed by atoms with Gasteiger partial charge in [-0.2, -0.15) is 0 Å². The van der Waals surface area contributed by atoms with Gasteiger partial charge in [0.1, 0.15) is 24.7 Å². The van der Waals surface area contributed by atoms with Crippen LogP contribution in [0, 0.1) is 34.8 Å². The van der Waals surface area contributed by atoms with Crippen molar-refractivity contribution in [1.29, 1.82) is 0 Å². The molecule has 0 bridgehead atoms. The number of ketones is 1. The number of rotatable bonds is 24. The van der Waals surface area contributed by atoms with Gasteiger partial charge in [0.25, 0.3) is 11.6 Å². The van der Waals surface area contributed by atoms with E-state index in [4.69, 9.17) is 23.5 Å². The summed E-state index contributed by atoms with van der Waals surface area (Å²) in [5, 5.41) is 28.8. The summed E-state index contributed by atoms with van der Waals surface area (Å²) in [5.74, 6) is -1.28. The minimum absolute atomic E-state index is 0.0731. The van der Waals surface area contributed by atoms with E-state index in [0.29, 0.717) is 32.2 Å². The van der Waals surface area contributed by atoms with Crippen molar-refractivity contribution in [2.45, 2.75) is 65.1 Å². The number of amides is 1. The molecule has 1 amide bonds. The standard InChI is InChI=1S/C56H61N5O10S/c1-36(2)53(54(63)48-30-45(62)31-49(48)56(64)58-37(3)41-16-18-42(19-17-41)55-38(4)57-35-72-55)51-32-52(59-71-51)70-29-27-68-25-24-67-26-28-69-46-22-14-40(15-23-46)33-60-34-43(47-10-5-6-11-50(47)60)9-7-8-39-12-20-44(21-13-39)61(65)66/h5-23,32,35-37,45,48-49,53,62H,24-31,33-34H2,1-4H3,(H,58,64)/b8-7+,43-9+/t37-,45-,48?,49+,53+/m0/s1. The lowest BCUT2D eigenvalue weighted by molar-refractivity contribution is -0.384. The zero-order valence-electron chi connectivity index (χ0n) is 41.0. The molecule has 1 aliphatic heterocycles. The number of allylic oxidation sites excluding steroid dienone is 2. The minimum Gasteiger partial charge on any atom is -0.491 e. The molecular formula is C56H61N5O10S. The van der Waals surface area contributed by atoms with Crippen molar-refractivity contribution in [2.75, 3.05) is 51.1 Å². The summed E-state index contributed by atoms with van der Waals surface area (Å²) < 4.78 is 28.8. The second-order valence-corrected chi connectivity index (χ2v) is 19.3. The molecular weight excluding hydrogens is 935 g/mol. The predicted molar refractivity (Wildman–Crippen MR) is 277 cm³/mol. The number of aliphatic hydroxyl groups excluding tert-OH is 1. The number of benzene rings is 4. The van der Waals surface area contributed by atoms with Crippen LogP contribution < -0.4 is 19.7 Å². The molecule has 3 heterocycles. The van der Waals surface area contributed by atoms with Gasteiger partial charge in [-0.3, -0.25) is 19.7 Å². The van der Waals surface area contributed by atoms with Crippen LogP contribution in [0.4, 0.5) is 11.4 Å². The Bertz CT molecular complexity index is 2820. The van der Waals surface area contributed by atoms with Gasteiger partial charge in [0.15, 0.2) is 5.76 Å². The highest BCUT2D eigenvalue weighted by molar-refractivity contribution is 7.13. The van der Waals surface area contributed by atoms with E-state index in [2.05, 4.69) is 50.7 Å². The Hall–Kier alpha value is -6.98. The quantitative estimate of drug-likeness (QED) is 0.0331. The van der Waals surface area contributed by atoms with Crippen LogP contribution in [0.25, 0.3) is 22.1 Å². The molecule has 4 aromatic carbocycles. The summed E-state index contributed by atoms with van der Waals surface area (Å²) in [4.78, 5) is 46.3. The fourth-order valence-electron chi connectivity index (χ4n) is 9.36.